The molecular formula is C17H30N2O. The van der Waals surface area contributed by atoms with E-state index in [1.807, 2.05) is 6.92 Å². The maximum Gasteiger partial charge on any atom is 0.0746 e. The van der Waals surface area contributed by atoms with E-state index in [1.54, 1.807) is 0 Å². The van der Waals surface area contributed by atoms with Gasteiger partial charge in [-0.15, -0.1) is 0 Å². The average molecular weight is 278 g/mol. The van der Waals surface area contributed by atoms with Gasteiger partial charge in [-0.05, 0) is 56.9 Å². The second-order valence-electron chi connectivity index (χ2n) is 8.25. The topological polar surface area (TPSA) is 47.3 Å². The van der Waals surface area contributed by atoms with E-state index in [9.17, 15) is 10.4 Å². The van der Waals surface area contributed by atoms with E-state index in [0.29, 0.717) is 17.4 Å². The van der Waals surface area contributed by atoms with Crippen LogP contribution in [0.4, 0.5) is 0 Å². The van der Waals surface area contributed by atoms with E-state index in [2.05, 4.69) is 31.7 Å². The average Bonchev–Trinajstić information content (AvgIpc) is 2.35. The van der Waals surface area contributed by atoms with Crippen LogP contribution >= 0.6 is 0 Å². The molecule has 1 N–H and O–H groups in total. The number of nitriles is 1. The molecule has 3 heteroatoms. The minimum atomic E-state index is -0.576. The lowest BCUT2D eigenvalue weighted by atomic mass is 9.67. The van der Waals surface area contributed by atoms with Gasteiger partial charge in [0.25, 0.3) is 0 Å². The van der Waals surface area contributed by atoms with Crippen LogP contribution < -0.4 is 0 Å². The van der Waals surface area contributed by atoms with Crippen LogP contribution in [0.3, 0.4) is 0 Å². The van der Waals surface area contributed by atoms with E-state index in [1.165, 1.54) is 6.42 Å². The molecule has 1 aliphatic heterocycles. The highest BCUT2D eigenvalue weighted by Gasteiger charge is 2.41. The highest BCUT2D eigenvalue weighted by molar-refractivity contribution is 5.01. The third-order valence-corrected chi connectivity index (χ3v) is 5.38. The maximum absolute atomic E-state index is 10.3. The Balaban J connectivity index is 2.11. The molecule has 0 aromatic heterocycles. The molecule has 0 bridgehead atoms. The fourth-order valence-electron chi connectivity index (χ4n) is 4.03. The minimum absolute atomic E-state index is 0.141. The van der Waals surface area contributed by atoms with Crippen molar-refractivity contribution in [1.82, 2.24) is 4.90 Å². The molecule has 4 atom stereocenters. The number of β-amino-alcohol motifs (C(OH)–C–C–N with tert-alkyl or cyclic N) is 1. The van der Waals surface area contributed by atoms with Crippen LogP contribution in [-0.2, 0) is 0 Å². The third kappa shape index (κ3) is 3.54. The molecule has 2 rings (SSSR count). The normalized spacial score (nSPS) is 40.3. The number of nitrogens with zero attached hydrogens (tertiary/aromatic N) is 2. The van der Waals surface area contributed by atoms with Crippen LogP contribution in [0.2, 0.25) is 0 Å². The quantitative estimate of drug-likeness (QED) is 0.801. The molecule has 1 saturated carbocycles. The molecule has 2 aliphatic rings. The predicted octanol–water partition coefficient (Wildman–Crippen LogP) is 3.19. The molecule has 1 aliphatic carbocycles. The summed E-state index contributed by atoms with van der Waals surface area (Å²) in [7, 11) is 0. The second kappa shape index (κ2) is 5.66. The van der Waals surface area contributed by atoms with Crippen molar-refractivity contribution in [1.29, 1.82) is 5.26 Å². The van der Waals surface area contributed by atoms with Crippen molar-refractivity contribution in [3.05, 3.63) is 0 Å². The zero-order chi connectivity index (χ0) is 15.0. The Morgan fingerprint density at radius 2 is 2.00 bits per heavy atom. The van der Waals surface area contributed by atoms with Gasteiger partial charge in [-0.3, -0.25) is 4.90 Å². The lowest BCUT2D eigenvalue weighted by molar-refractivity contribution is -0.0498. The number of likely N-dealkylation sites (tertiary alicyclic amines) is 1. The fourth-order valence-corrected chi connectivity index (χ4v) is 4.03. The van der Waals surface area contributed by atoms with Gasteiger partial charge in [-0.1, -0.05) is 20.8 Å². The Labute approximate surface area is 124 Å². The molecule has 0 radical (unpaired) electrons. The van der Waals surface area contributed by atoms with Crippen molar-refractivity contribution < 1.29 is 5.11 Å². The molecule has 4 unspecified atom stereocenters. The molecule has 3 nitrogen and oxygen atoms in total. The molecule has 114 valence electrons. The van der Waals surface area contributed by atoms with Gasteiger partial charge in [0.15, 0.2) is 0 Å². The molecule has 0 amide bonds. The number of rotatable bonds is 1. The Morgan fingerprint density at radius 1 is 1.30 bits per heavy atom. The predicted molar refractivity (Wildman–Crippen MR) is 81.1 cm³/mol. The summed E-state index contributed by atoms with van der Waals surface area (Å²) >= 11 is 0. The van der Waals surface area contributed by atoms with Crippen LogP contribution in [0.1, 0.15) is 59.8 Å². The molecule has 0 aromatic rings. The number of piperidine rings is 1. The summed E-state index contributed by atoms with van der Waals surface area (Å²) in [5.41, 5.74) is -0.260. The summed E-state index contributed by atoms with van der Waals surface area (Å²) < 4.78 is 0. The van der Waals surface area contributed by atoms with Crippen LogP contribution in [0.5, 0.6) is 0 Å². The monoisotopic (exact) mass is 278 g/mol. The van der Waals surface area contributed by atoms with Crippen LogP contribution in [0.25, 0.3) is 0 Å². The summed E-state index contributed by atoms with van der Waals surface area (Å²) in [5.74, 6) is 0.825. The van der Waals surface area contributed by atoms with Gasteiger partial charge in [0.2, 0.25) is 0 Å². The first-order chi connectivity index (χ1) is 9.23. The summed E-state index contributed by atoms with van der Waals surface area (Å²) in [5, 5.41) is 19.8. The number of hydrogen-bond acceptors (Lipinski definition) is 3. The van der Waals surface area contributed by atoms with Gasteiger partial charge in [0.1, 0.15) is 0 Å². The van der Waals surface area contributed by atoms with Crippen molar-refractivity contribution in [2.75, 3.05) is 13.1 Å². The van der Waals surface area contributed by atoms with E-state index in [-0.39, 0.29) is 5.92 Å². The Bertz CT molecular complexity index is 374. The zero-order valence-electron chi connectivity index (χ0n) is 13.5. The van der Waals surface area contributed by atoms with Crippen molar-refractivity contribution in [2.24, 2.45) is 17.3 Å². The van der Waals surface area contributed by atoms with Crippen molar-refractivity contribution in [3.63, 3.8) is 0 Å². The van der Waals surface area contributed by atoms with Gasteiger partial charge in [-0.2, -0.15) is 5.26 Å². The van der Waals surface area contributed by atoms with Gasteiger partial charge in [-0.25, -0.2) is 0 Å². The van der Waals surface area contributed by atoms with E-state index < -0.39 is 5.60 Å². The lowest BCUT2D eigenvalue weighted by Gasteiger charge is -2.48. The Morgan fingerprint density at radius 3 is 2.55 bits per heavy atom. The standard InChI is InChI=1S/C17H30N2O/c1-16(2,3)14-7-6-13(11-18)15(10-14)19-9-5-8-17(4,20)12-19/h13-15,20H,5-10,12H2,1-4H3. The van der Waals surface area contributed by atoms with Crippen molar-refractivity contribution in [3.8, 4) is 6.07 Å². The van der Waals surface area contributed by atoms with Gasteiger partial charge in [0, 0.05) is 12.6 Å². The van der Waals surface area contributed by atoms with Gasteiger partial charge >= 0.3 is 0 Å². The fraction of sp³-hybridized carbons (Fsp3) is 0.941. The molecule has 20 heavy (non-hydrogen) atoms. The van der Waals surface area contributed by atoms with Crippen LogP contribution in [0.15, 0.2) is 0 Å². The van der Waals surface area contributed by atoms with Crippen LogP contribution in [-0.4, -0.2) is 34.7 Å². The third-order valence-electron chi connectivity index (χ3n) is 5.38. The zero-order valence-corrected chi connectivity index (χ0v) is 13.5. The van der Waals surface area contributed by atoms with E-state index in [0.717, 1.165) is 38.8 Å². The maximum atomic E-state index is 10.3. The Kier molecular flexibility index (Phi) is 4.47. The van der Waals surface area contributed by atoms with Gasteiger partial charge in [0.05, 0.1) is 17.6 Å². The molecule has 1 heterocycles. The molecule has 1 saturated heterocycles. The minimum Gasteiger partial charge on any atom is -0.389 e. The SMILES string of the molecule is CC1(O)CCCN(C2CC(C(C)(C)C)CCC2C#N)C1. The number of hydrogen-bond donors (Lipinski definition) is 1. The smallest absolute Gasteiger partial charge is 0.0746 e. The Hall–Kier alpha value is -0.590. The van der Waals surface area contributed by atoms with Gasteiger partial charge < -0.3 is 5.11 Å². The molecule has 0 aromatic carbocycles. The summed E-state index contributed by atoms with van der Waals surface area (Å²) in [4.78, 5) is 2.40. The van der Waals surface area contributed by atoms with E-state index >= 15 is 0 Å². The summed E-state index contributed by atoms with van der Waals surface area (Å²) in [6.45, 7) is 10.6. The van der Waals surface area contributed by atoms with E-state index in [4.69, 9.17) is 0 Å². The second-order valence-corrected chi connectivity index (χ2v) is 8.25. The highest BCUT2D eigenvalue weighted by atomic mass is 16.3. The first kappa shape index (κ1) is 15.8. The summed E-state index contributed by atoms with van der Waals surface area (Å²) in [6.07, 6.45) is 5.22. The largest absolute Gasteiger partial charge is 0.389 e. The van der Waals surface area contributed by atoms with Crippen molar-refractivity contribution in [2.45, 2.75) is 71.4 Å². The van der Waals surface area contributed by atoms with Crippen molar-refractivity contribution >= 4 is 0 Å². The highest BCUT2D eigenvalue weighted by Crippen LogP contribution is 2.42. The first-order valence-corrected chi connectivity index (χ1v) is 8.09. The molecular weight excluding hydrogens is 248 g/mol. The number of aliphatic hydroxyl groups is 1. The molecule has 0 spiro atoms. The first-order valence-electron chi connectivity index (χ1n) is 8.09. The summed E-state index contributed by atoms with van der Waals surface area (Å²) in [6, 6.07) is 2.87. The molecule has 2 fully saturated rings. The van der Waals surface area contributed by atoms with Crippen LogP contribution in [0, 0.1) is 28.6 Å². The lowest BCUT2D eigenvalue weighted by Crippen LogP contribution is -2.54.